The van der Waals surface area contributed by atoms with Gasteiger partial charge in [0, 0.05) is 31.9 Å². The van der Waals surface area contributed by atoms with Gasteiger partial charge in [-0.2, -0.15) is 0 Å². The normalized spacial score (nSPS) is 21.1. The van der Waals surface area contributed by atoms with Crippen LogP contribution < -0.4 is 10.1 Å². The maximum atomic E-state index is 11.4. The zero-order valence-corrected chi connectivity index (χ0v) is 14.6. The molecule has 1 saturated heterocycles. The number of piperazine rings is 1. The quantitative estimate of drug-likeness (QED) is 0.752. The first-order valence-electron chi connectivity index (χ1n) is 7.95. The highest BCUT2D eigenvalue weighted by atomic mass is 32.2. The first kappa shape index (κ1) is 18.2. The van der Waals surface area contributed by atoms with Gasteiger partial charge in [-0.1, -0.05) is 6.92 Å². The molecule has 0 amide bonds. The Bertz CT molecular complexity index is 585. The molecule has 1 aromatic rings. The summed E-state index contributed by atoms with van der Waals surface area (Å²) in [7, 11) is -3.18. The van der Waals surface area contributed by atoms with Crippen LogP contribution in [0.15, 0.2) is 29.2 Å². The van der Waals surface area contributed by atoms with Crippen molar-refractivity contribution in [2.24, 2.45) is 0 Å². The number of ether oxygens (including phenoxy) is 1. The Kier molecular flexibility index (Phi) is 6.41. The minimum atomic E-state index is -3.18. The molecule has 6 nitrogen and oxygen atoms in total. The molecule has 2 N–H and O–H groups in total. The third kappa shape index (κ3) is 5.17. The van der Waals surface area contributed by atoms with Gasteiger partial charge in [0.25, 0.3) is 0 Å². The predicted octanol–water partition coefficient (Wildman–Crippen LogP) is 0.514. The van der Waals surface area contributed by atoms with E-state index in [1.807, 2.05) is 0 Å². The van der Waals surface area contributed by atoms with Crippen LogP contribution in [-0.2, 0) is 9.84 Å². The molecule has 1 fully saturated rings. The van der Waals surface area contributed by atoms with Crippen molar-refractivity contribution in [3.8, 4) is 5.75 Å². The van der Waals surface area contributed by atoms with Gasteiger partial charge >= 0.3 is 0 Å². The molecule has 1 aliphatic heterocycles. The zero-order chi connectivity index (χ0) is 16.9. The van der Waals surface area contributed by atoms with Crippen LogP contribution >= 0.6 is 0 Å². The molecule has 1 aliphatic rings. The number of benzene rings is 1. The first-order valence-corrected chi connectivity index (χ1v) is 9.84. The highest BCUT2D eigenvalue weighted by molar-refractivity contribution is 7.90. The van der Waals surface area contributed by atoms with E-state index in [4.69, 9.17) is 4.74 Å². The summed E-state index contributed by atoms with van der Waals surface area (Å²) in [6.45, 7) is 5.40. The molecule has 130 valence electrons. The predicted molar refractivity (Wildman–Crippen MR) is 89.6 cm³/mol. The van der Waals surface area contributed by atoms with Gasteiger partial charge in [0.05, 0.1) is 17.5 Å². The zero-order valence-electron chi connectivity index (χ0n) is 13.7. The lowest BCUT2D eigenvalue weighted by Gasteiger charge is -2.37. The Hall–Kier alpha value is -1.15. The number of aliphatic hydroxyl groups excluding tert-OH is 1. The monoisotopic (exact) mass is 342 g/mol. The van der Waals surface area contributed by atoms with Crippen LogP contribution in [0.25, 0.3) is 0 Å². The second kappa shape index (κ2) is 8.10. The molecule has 1 aromatic carbocycles. The van der Waals surface area contributed by atoms with Crippen molar-refractivity contribution in [3.05, 3.63) is 24.3 Å². The van der Waals surface area contributed by atoms with Gasteiger partial charge in [-0.15, -0.1) is 0 Å². The Balaban J connectivity index is 1.88. The summed E-state index contributed by atoms with van der Waals surface area (Å²) in [6, 6.07) is 6.88. The van der Waals surface area contributed by atoms with Crippen molar-refractivity contribution in [1.82, 2.24) is 10.2 Å². The lowest BCUT2D eigenvalue weighted by Crippen LogP contribution is -2.56. The SMILES string of the molecule is CCC(CO)N1CCNC(COc2ccc(S(C)(=O)=O)cc2)C1. The van der Waals surface area contributed by atoms with E-state index in [-0.39, 0.29) is 18.7 Å². The molecular weight excluding hydrogens is 316 g/mol. The van der Waals surface area contributed by atoms with Gasteiger partial charge in [0.1, 0.15) is 12.4 Å². The molecule has 2 unspecified atom stereocenters. The number of aliphatic hydroxyl groups is 1. The van der Waals surface area contributed by atoms with Crippen LogP contribution in [0.1, 0.15) is 13.3 Å². The molecule has 0 aliphatic carbocycles. The number of hydrogen-bond donors (Lipinski definition) is 2. The lowest BCUT2D eigenvalue weighted by atomic mass is 10.1. The van der Waals surface area contributed by atoms with E-state index >= 15 is 0 Å². The van der Waals surface area contributed by atoms with E-state index in [1.165, 1.54) is 6.26 Å². The third-order valence-electron chi connectivity index (χ3n) is 4.19. The van der Waals surface area contributed by atoms with Crippen LogP contribution in [0.3, 0.4) is 0 Å². The van der Waals surface area contributed by atoms with Crippen molar-refractivity contribution >= 4 is 9.84 Å². The number of nitrogens with one attached hydrogen (secondary N) is 1. The summed E-state index contributed by atoms with van der Waals surface area (Å²) in [6.07, 6.45) is 2.12. The molecule has 0 aromatic heterocycles. The molecule has 0 radical (unpaired) electrons. The molecule has 23 heavy (non-hydrogen) atoms. The second-order valence-corrected chi connectivity index (χ2v) is 7.96. The van der Waals surface area contributed by atoms with Crippen molar-refractivity contribution in [3.63, 3.8) is 0 Å². The number of rotatable bonds is 7. The van der Waals surface area contributed by atoms with Gasteiger partial charge in [0.2, 0.25) is 0 Å². The molecule has 2 rings (SSSR count). The average Bonchev–Trinajstić information content (AvgIpc) is 2.54. The van der Waals surface area contributed by atoms with Gasteiger partial charge in [-0.25, -0.2) is 8.42 Å². The molecule has 0 saturated carbocycles. The van der Waals surface area contributed by atoms with Crippen molar-refractivity contribution < 1.29 is 18.3 Å². The minimum Gasteiger partial charge on any atom is -0.492 e. The maximum absolute atomic E-state index is 11.4. The van der Waals surface area contributed by atoms with E-state index < -0.39 is 9.84 Å². The molecule has 7 heteroatoms. The third-order valence-corrected chi connectivity index (χ3v) is 5.32. The fourth-order valence-electron chi connectivity index (χ4n) is 2.78. The summed E-state index contributed by atoms with van der Waals surface area (Å²) >= 11 is 0. The second-order valence-electron chi connectivity index (χ2n) is 5.95. The topological polar surface area (TPSA) is 78.9 Å². The molecule has 0 spiro atoms. The Morgan fingerprint density at radius 2 is 2.09 bits per heavy atom. The van der Waals surface area contributed by atoms with Gasteiger partial charge in [-0.3, -0.25) is 4.90 Å². The van der Waals surface area contributed by atoms with E-state index in [1.54, 1.807) is 24.3 Å². The van der Waals surface area contributed by atoms with Crippen LogP contribution in [0, 0.1) is 0 Å². The first-order chi connectivity index (χ1) is 10.9. The number of nitrogens with zero attached hydrogens (tertiary/aromatic N) is 1. The summed E-state index contributed by atoms with van der Waals surface area (Å²) in [4.78, 5) is 2.58. The smallest absolute Gasteiger partial charge is 0.175 e. The highest BCUT2D eigenvalue weighted by Crippen LogP contribution is 2.16. The largest absolute Gasteiger partial charge is 0.492 e. The van der Waals surface area contributed by atoms with Crippen LogP contribution in [0.5, 0.6) is 5.75 Å². The van der Waals surface area contributed by atoms with Crippen molar-refractivity contribution in [2.45, 2.75) is 30.3 Å². The number of sulfone groups is 1. The van der Waals surface area contributed by atoms with Gasteiger partial charge < -0.3 is 15.2 Å². The fourth-order valence-corrected chi connectivity index (χ4v) is 3.41. The summed E-state index contributed by atoms with van der Waals surface area (Å²) in [5.41, 5.74) is 0. The fraction of sp³-hybridized carbons (Fsp3) is 0.625. The molecular formula is C16H26N2O4S. The number of hydrogen-bond acceptors (Lipinski definition) is 6. The van der Waals surface area contributed by atoms with E-state index in [0.717, 1.165) is 26.1 Å². The van der Waals surface area contributed by atoms with Crippen LogP contribution in [0.2, 0.25) is 0 Å². The van der Waals surface area contributed by atoms with E-state index in [0.29, 0.717) is 17.3 Å². The Morgan fingerprint density at radius 3 is 2.65 bits per heavy atom. The highest BCUT2D eigenvalue weighted by Gasteiger charge is 2.24. The maximum Gasteiger partial charge on any atom is 0.175 e. The molecule has 2 atom stereocenters. The van der Waals surface area contributed by atoms with Crippen molar-refractivity contribution in [1.29, 1.82) is 0 Å². The van der Waals surface area contributed by atoms with Crippen LogP contribution in [-0.4, -0.2) is 69.6 Å². The summed E-state index contributed by atoms with van der Waals surface area (Å²) < 4.78 is 28.6. The van der Waals surface area contributed by atoms with E-state index in [2.05, 4.69) is 17.1 Å². The molecule has 0 bridgehead atoms. The summed E-state index contributed by atoms with van der Waals surface area (Å²) in [5, 5.41) is 12.8. The van der Waals surface area contributed by atoms with Gasteiger partial charge in [-0.05, 0) is 30.7 Å². The molecule has 1 heterocycles. The van der Waals surface area contributed by atoms with E-state index in [9.17, 15) is 13.5 Å². The average molecular weight is 342 g/mol. The Morgan fingerprint density at radius 1 is 1.39 bits per heavy atom. The standard InChI is InChI=1S/C16H26N2O4S/c1-3-14(11-19)18-9-8-17-13(10-18)12-22-15-4-6-16(7-5-15)23(2,20)21/h4-7,13-14,17,19H,3,8-12H2,1-2H3. The Labute approximate surface area is 138 Å². The van der Waals surface area contributed by atoms with Crippen LogP contribution in [0.4, 0.5) is 0 Å². The van der Waals surface area contributed by atoms with Gasteiger partial charge in [0.15, 0.2) is 9.84 Å². The summed E-state index contributed by atoms with van der Waals surface area (Å²) in [5.74, 6) is 0.658. The van der Waals surface area contributed by atoms with Crippen molar-refractivity contribution in [2.75, 3.05) is 39.1 Å². The lowest BCUT2D eigenvalue weighted by molar-refractivity contribution is 0.0787. The minimum absolute atomic E-state index is 0.178.